The van der Waals surface area contributed by atoms with Crippen LogP contribution in [0.1, 0.15) is 31.7 Å². The molecule has 0 fully saturated rings. The maximum Gasteiger partial charge on any atom is 0.0932 e. The zero-order chi connectivity index (χ0) is 12.2. The molecule has 0 radical (unpaired) electrons. The molecule has 92 valence electrons. The molecule has 4 heteroatoms. The van der Waals surface area contributed by atoms with E-state index in [1.54, 1.807) is 7.11 Å². The van der Waals surface area contributed by atoms with Crippen molar-refractivity contribution in [1.29, 1.82) is 0 Å². The van der Waals surface area contributed by atoms with Crippen LogP contribution < -0.4 is 0 Å². The number of ether oxygens (including phenoxy) is 1. The first-order chi connectivity index (χ1) is 7.54. The van der Waals surface area contributed by atoms with Crippen LogP contribution in [0.4, 0.5) is 0 Å². The lowest BCUT2D eigenvalue weighted by atomic mass is 9.95. The summed E-state index contributed by atoms with van der Waals surface area (Å²) in [7, 11) is 1.61. The summed E-state index contributed by atoms with van der Waals surface area (Å²) in [6, 6.07) is 2.03. The highest BCUT2D eigenvalue weighted by Crippen LogP contribution is 2.18. The molecule has 0 saturated heterocycles. The van der Waals surface area contributed by atoms with Crippen LogP contribution in [-0.2, 0) is 17.7 Å². The van der Waals surface area contributed by atoms with E-state index >= 15 is 0 Å². The second kappa shape index (κ2) is 5.46. The Morgan fingerprint density at radius 2 is 2.19 bits per heavy atom. The Hall–Kier alpha value is -0.870. The third-order valence-electron chi connectivity index (χ3n) is 2.87. The summed E-state index contributed by atoms with van der Waals surface area (Å²) in [4.78, 5) is 0. The van der Waals surface area contributed by atoms with Crippen molar-refractivity contribution < 1.29 is 9.84 Å². The third kappa shape index (κ3) is 3.06. The molecule has 1 N–H and O–H groups in total. The number of rotatable bonds is 6. The molecule has 1 heterocycles. The van der Waals surface area contributed by atoms with Gasteiger partial charge >= 0.3 is 0 Å². The third-order valence-corrected chi connectivity index (χ3v) is 2.87. The lowest BCUT2D eigenvalue weighted by molar-refractivity contribution is -0.0345. The van der Waals surface area contributed by atoms with Gasteiger partial charge in [-0.15, -0.1) is 0 Å². The Morgan fingerprint density at radius 1 is 1.50 bits per heavy atom. The fraction of sp³-hybridized carbons (Fsp3) is 0.750. The molecule has 1 aromatic rings. The van der Waals surface area contributed by atoms with Crippen molar-refractivity contribution in [1.82, 2.24) is 9.78 Å². The highest BCUT2D eigenvalue weighted by Gasteiger charge is 2.26. The Balaban J connectivity index is 2.84. The average Bonchev–Trinajstić information content (AvgIpc) is 2.59. The molecule has 1 aromatic heterocycles. The van der Waals surface area contributed by atoms with E-state index in [4.69, 9.17) is 4.74 Å². The molecule has 0 aromatic carbocycles. The van der Waals surface area contributed by atoms with Gasteiger partial charge in [-0.1, -0.05) is 6.92 Å². The average molecular weight is 226 g/mol. The molecular weight excluding hydrogens is 204 g/mol. The Bertz CT molecular complexity index is 336. The molecular formula is C12H22N2O2. The molecule has 0 aliphatic rings. The summed E-state index contributed by atoms with van der Waals surface area (Å²) in [5, 5.41) is 14.7. The number of hydrogen-bond donors (Lipinski definition) is 1. The predicted molar refractivity (Wildman–Crippen MR) is 63.5 cm³/mol. The summed E-state index contributed by atoms with van der Waals surface area (Å²) < 4.78 is 7.01. The largest absolute Gasteiger partial charge is 0.387 e. The highest BCUT2D eigenvalue weighted by atomic mass is 16.5. The minimum Gasteiger partial charge on any atom is -0.387 e. The molecule has 1 atom stereocenters. The van der Waals surface area contributed by atoms with Crippen LogP contribution in [-0.4, -0.2) is 34.2 Å². The lowest BCUT2D eigenvalue weighted by Gasteiger charge is -2.25. The van der Waals surface area contributed by atoms with Gasteiger partial charge in [-0.05, 0) is 26.3 Å². The summed E-state index contributed by atoms with van der Waals surface area (Å²) in [6.07, 6.45) is 1.26. The van der Waals surface area contributed by atoms with Crippen LogP contribution in [0.2, 0.25) is 0 Å². The van der Waals surface area contributed by atoms with Gasteiger partial charge < -0.3 is 9.84 Å². The van der Waals surface area contributed by atoms with Crippen molar-refractivity contribution in [2.45, 2.75) is 45.8 Å². The van der Waals surface area contributed by atoms with E-state index < -0.39 is 5.60 Å². The van der Waals surface area contributed by atoms with Gasteiger partial charge in [-0.3, -0.25) is 4.68 Å². The minimum absolute atomic E-state index is 0.359. The van der Waals surface area contributed by atoms with E-state index in [-0.39, 0.29) is 0 Å². The molecule has 0 bridgehead atoms. The fourth-order valence-electron chi connectivity index (χ4n) is 1.90. The monoisotopic (exact) mass is 226 g/mol. The quantitative estimate of drug-likeness (QED) is 0.800. The van der Waals surface area contributed by atoms with Crippen molar-refractivity contribution in [2.75, 3.05) is 13.7 Å². The van der Waals surface area contributed by atoms with Crippen LogP contribution in [0.15, 0.2) is 6.07 Å². The second-order valence-corrected chi connectivity index (χ2v) is 4.28. The first-order valence-corrected chi connectivity index (χ1v) is 5.79. The van der Waals surface area contributed by atoms with Gasteiger partial charge in [0.1, 0.15) is 0 Å². The first kappa shape index (κ1) is 13.2. The summed E-state index contributed by atoms with van der Waals surface area (Å²) >= 11 is 0. The van der Waals surface area contributed by atoms with Crippen molar-refractivity contribution in [3.8, 4) is 0 Å². The van der Waals surface area contributed by atoms with E-state index in [1.165, 1.54) is 0 Å². The van der Waals surface area contributed by atoms with Gasteiger partial charge in [0.05, 0.1) is 17.9 Å². The van der Waals surface area contributed by atoms with Crippen LogP contribution in [0.25, 0.3) is 0 Å². The normalized spacial score (nSPS) is 15.1. The van der Waals surface area contributed by atoms with E-state index in [9.17, 15) is 5.11 Å². The Kier molecular flexibility index (Phi) is 4.50. The van der Waals surface area contributed by atoms with Crippen LogP contribution in [0.3, 0.4) is 0 Å². The molecule has 16 heavy (non-hydrogen) atoms. The maximum atomic E-state index is 10.3. The molecule has 1 rings (SSSR count). The number of methoxy groups -OCH3 is 1. The first-order valence-electron chi connectivity index (χ1n) is 5.79. The molecule has 1 unspecified atom stereocenters. The van der Waals surface area contributed by atoms with Crippen molar-refractivity contribution in [3.05, 3.63) is 17.5 Å². The zero-order valence-electron chi connectivity index (χ0n) is 10.7. The smallest absolute Gasteiger partial charge is 0.0932 e. The molecule has 0 amide bonds. The highest BCUT2D eigenvalue weighted by molar-refractivity contribution is 5.11. The van der Waals surface area contributed by atoms with Gasteiger partial charge in [-0.2, -0.15) is 5.10 Å². The van der Waals surface area contributed by atoms with Crippen LogP contribution in [0.5, 0.6) is 0 Å². The molecule has 0 aliphatic heterocycles. The van der Waals surface area contributed by atoms with Crippen molar-refractivity contribution in [3.63, 3.8) is 0 Å². The van der Waals surface area contributed by atoms with Gasteiger partial charge in [0.25, 0.3) is 0 Å². The van der Waals surface area contributed by atoms with Crippen LogP contribution in [0, 0.1) is 6.92 Å². The number of hydrogen-bond acceptors (Lipinski definition) is 3. The Morgan fingerprint density at radius 3 is 2.69 bits per heavy atom. The molecule has 0 saturated carbocycles. The van der Waals surface area contributed by atoms with Gasteiger partial charge in [0.2, 0.25) is 0 Å². The van der Waals surface area contributed by atoms with Gasteiger partial charge in [-0.25, -0.2) is 0 Å². The number of nitrogens with zero attached hydrogens (tertiary/aromatic N) is 2. The number of aliphatic hydroxyl groups is 1. The lowest BCUT2D eigenvalue weighted by Crippen LogP contribution is -2.36. The SMILES string of the molecule is CCn1nc(C)cc1CC(O)(CC)COC. The number of aryl methyl sites for hydroxylation is 2. The fourth-order valence-corrected chi connectivity index (χ4v) is 1.90. The van der Waals surface area contributed by atoms with E-state index in [0.29, 0.717) is 19.4 Å². The van der Waals surface area contributed by atoms with Gasteiger partial charge in [0, 0.05) is 25.8 Å². The standard InChI is InChI=1S/C12H22N2O2/c1-5-12(15,9-16-4)8-11-7-10(3)13-14(11)6-2/h7,15H,5-6,8-9H2,1-4H3. The topological polar surface area (TPSA) is 47.3 Å². The maximum absolute atomic E-state index is 10.3. The number of aromatic nitrogens is 2. The second-order valence-electron chi connectivity index (χ2n) is 4.28. The summed E-state index contributed by atoms with van der Waals surface area (Å²) in [5.74, 6) is 0. The zero-order valence-corrected chi connectivity index (χ0v) is 10.7. The predicted octanol–water partition coefficient (Wildman–Crippen LogP) is 1.54. The Labute approximate surface area is 97.2 Å². The van der Waals surface area contributed by atoms with E-state index in [0.717, 1.165) is 17.9 Å². The van der Waals surface area contributed by atoms with E-state index in [1.807, 2.05) is 24.6 Å². The summed E-state index contributed by atoms with van der Waals surface area (Å²) in [5.41, 5.74) is 1.28. The van der Waals surface area contributed by atoms with Crippen molar-refractivity contribution >= 4 is 0 Å². The molecule has 0 aliphatic carbocycles. The van der Waals surface area contributed by atoms with Gasteiger partial charge in [0.15, 0.2) is 0 Å². The molecule has 0 spiro atoms. The van der Waals surface area contributed by atoms with E-state index in [2.05, 4.69) is 12.0 Å². The van der Waals surface area contributed by atoms with Crippen LogP contribution >= 0.6 is 0 Å². The molecule has 4 nitrogen and oxygen atoms in total. The summed E-state index contributed by atoms with van der Waals surface area (Å²) in [6.45, 7) is 7.18. The minimum atomic E-state index is -0.784. The van der Waals surface area contributed by atoms with Crippen molar-refractivity contribution in [2.24, 2.45) is 0 Å².